The van der Waals surface area contributed by atoms with E-state index in [1.54, 1.807) is 44.3 Å². The minimum absolute atomic E-state index is 0.0346. The number of benzene rings is 2. The number of ether oxygens (including phenoxy) is 4. The normalized spacial score (nSPS) is 19.1. The van der Waals surface area contributed by atoms with Crippen LogP contribution in [0.5, 0.6) is 0 Å². The van der Waals surface area contributed by atoms with Gasteiger partial charge < -0.3 is 49.2 Å². The zero-order chi connectivity index (χ0) is 50.4. The number of nitrogens with one attached hydrogen (secondary N) is 2. The van der Waals surface area contributed by atoms with Gasteiger partial charge in [-0.2, -0.15) is 0 Å². The number of aryl methyl sites for hydroxylation is 2. The summed E-state index contributed by atoms with van der Waals surface area (Å²) in [7, 11) is 3.94. The van der Waals surface area contributed by atoms with Gasteiger partial charge in [0.2, 0.25) is 11.8 Å². The molecule has 7 rings (SSSR count). The standard InChI is InChI=1S/C31H46N4O6S.C19H24N2O5S/c1-20(2)35(22-11-10-15-33(19-22)29(39)41-30(4,5)6)26(36)23-18-24-25(17-21(23)3)42-31(12-8-9-13-31)27(37)34(24)16-14-32-28(38)40-7;1-12-10-15-14(11-13(12)16(22)25-2)21(9-8-20-18(24)26-3)17(23)19(27-15)6-4-5-7-19/h17-18,20,22H,8-16,19H2,1-7H3,(H,32,38);10-11H,4-9H2,1-3H3,(H,20,24)/t22-;/m1./s1. The SMILES string of the molecule is COC(=O)NCCN1C(=O)C2(CCCC2)Sc2cc(C)c(C(=O)N(C(C)C)[C@@H]3CCCN(C(=O)OC(C)(C)C)C3)cc21.COC(=O)NCCN1C(=O)C2(CCCC2)Sc2cc(C)c(C(=O)OC)cc21. The lowest BCUT2D eigenvalue weighted by molar-refractivity contribution is -0.121. The van der Waals surface area contributed by atoms with Gasteiger partial charge in [0.05, 0.1) is 53.8 Å². The van der Waals surface area contributed by atoms with E-state index >= 15 is 0 Å². The molecule has 19 heteroatoms. The first-order chi connectivity index (χ1) is 32.7. The van der Waals surface area contributed by atoms with Crippen molar-refractivity contribution in [3.05, 3.63) is 46.5 Å². The summed E-state index contributed by atoms with van der Waals surface area (Å²) >= 11 is 3.23. The molecule has 0 unspecified atom stereocenters. The maximum atomic E-state index is 14.3. The number of nitrogens with zero attached hydrogens (tertiary/aromatic N) is 4. The molecule has 0 bridgehead atoms. The molecule has 2 N–H and O–H groups in total. The Labute approximate surface area is 414 Å². The molecule has 378 valence electrons. The van der Waals surface area contributed by atoms with Crippen molar-refractivity contribution < 1.29 is 52.5 Å². The molecule has 3 aliphatic heterocycles. The van der Waals surface area contributed by atoms with Gasteiger partial charge in [-0.1, -0.05) is 25.7 Å². The van der Waals surface area contributed by atoms with E-state index in [-0.39, 0.29) is 55.5 Å². The van der Waals surface area contributed by atoms with Crippen LogP contribution in [0.3, 0.4) is 0 Å². The minimum atomic E-state index is -0.595. The molecule has 0 aromatic heterocycles. The number of methoxy groups -OCH3 is 3. The number of hydrogen-bond acceptors (Lipinski definition) is 13. The van der Waals surface area contributed by atoms with E-state index in [1.165, 1.54) is 21.3 Å². The van der Waals surface area contributed by atoms with Crippen molar-refractivity contribution in [2.24, 2.45) is 0 Å². The summed E-state index contributed by atoms with van der Waals surface area (Å²) in [6.45, 7) is 15.4. The van der Waals surface area contributed by atoms with E-state index in [0.29, 0.717) is 42.1 Å². The lowest BCUT2D eigenvalue weighted by Crippen LogP contribution is -2.54. The predicted molar refractivity (Wildman–Crippen MR) is 265 cm³/mol. The molecular formula is C50H70N6O11S2. The Bertz CT molecular complexity index is 2290. The molecule has 3 heterocycles. The third-order valence-electron chi connectivity index (χ3n) is 13.3. The summed E-state index contributed by atoms with van der Waals surface area (Å²) in [5.41, 5.74) is 3.46. The van der Waals surface area contributed by atoms with Gasteiger partial charge in [0.1, 0.15) is 5.60 Å². The van der Waals surface area contributed by atoms with Gasteiger partial charge in [-0.25, -0.2) is 19.2 Å². The molecule has 2 aromatic rings. The van der Waals surface area contributed by atoms with E-state index in [2.05, 4.69) is 15.4 Å². The second kappa shape index (κ2) is 22.3. The predicted octanol–water partition coefficient (Wildman–Crippen LogP) is 8.24. The number of carbonyl (C=O) groups is 7. The van der Waals surface area contributed by atoms with E-state index in [0.717, 1.165) is 85.1 Å². The first-order valence-electron chi connectivity index (χ1n) is 24.0. The van der Waals surface area contributed by atoms with Crippen LogP contribution in [0.1, 0.15) is 131 Å². The minimum Gasteiger partial charge on any atom is -0.465 e. The van der Waals surface area contributed by atoms with E-state index < -0.39 is 33.3 Å². The molecular weight excluding hydrogens is 925 g/mol. The van der Waals surface area contributed by atoms with Crippen molar-refractivity contribution in [2.45, 2.75) is 150 Å². The highest BCUT2D eigenvalue weighted by atomic mass is 32.2. The molecule has 0 radical (unpaired) electrons. The number of carbonyl (C=O) groups excluding carboxylic acids is 7. The van der Waals surface area contributed by atoms with Crippen LogP contribution in [0.25, 0.3) is 0 Å². The number of anilines is 2. The van der Waals surface area contributed by atoms with E-state index in [1.807, 2.05) is 71.6 Å². The molecule has 69 heavy (non-hydrogen) atoms. The lowest BCUT2D eigenvalue weighted by atomic mass is 9.98. The van der Waals surface area contributed by atoms with Crippen LogP contribution in [0, 0.1) is 13.8 Å². The topological polar surface area (TPSA) is 193 Å². The molecule has 2 aromatic carbocycles. The highest BCUT2D eigenvalue weighted by Crippen LogP contribution is 2.55. The number of esters is 1. The number of fused-ring (bicyclic) bond motifs is 2. The van der Waals surface area contributed by atoms with Crippen molar-refractivity contribution in [3.8, 4) is 0 Å². The Balaban J connectivity index is 0.000000249. The summed E-state index contributed by atoms with van der Waals surface area (Å²) in [4.78, 5) is 98.6. The van der Waals surface area contributed by atoms with Crippen LogP contribution in [-0.4, -0.2) is 140 Å². The maximum Gasteiger partial charge on any atom is 0.410 e. The van der Waals surface area contributed by atoms with Crippen LogP contribution in [-0.2, 0) is 28.5 Å². The van der Waals surface area contributed by atoms with Crippen LogP contribution in [0.2, 0.25) is 0 Å². The summed E-state index contributed by atoms with van der Waals surface area (Å²) in [5, 5.41) is 5.30. The summed E-state index contributed by atoms with van der Waals surface area (Å²) in [6, 6.07) is 7.30. The fraction of sp³-hybridized carbons (Fsp3) is 0.620. The smallest absolute Gasteiger partial charge is 0.410 e. The second-order valence-corrected chi connectivity index (χ2v) is 22.5. The largest absolute Gasteiger partial charge is 0.465 e. The molecule has 1 atom stereocenters. The van der Waals surface area contributed by atoms with Crippen molar-refractivity contribution in [3.63, 3.8) is 0 Å². The van der Waals surface area contributed by atoms with Gasteiger partial charge in [-0.15, -0.1) is 23.5 Å². The van der Waals surface area contributed by atoms with Crippen molar-refractivity contribution in [2.75, 3.05) is 70.4 Å². The summed E-state index contributed by atoms with van der Waals surface area (Å²) in [5.74, 6) is -0.467. The van der Waals surface area contributed by atoms with Gasteiger partial charge in [-0.05, 0) is 122 Å². The Morgan fingerprint density at radius 3 is 1.62 bits per heavy atom. The summed E-state index contributed by atoms with van der Waals surface area (Å²) < 4.78 is 18.8. The van der Waals surface area contributed by atoms with Crippen LogP contribution in [0.15, 0.2) is 34.1 Å². The van der Waals surface area contributed by atoms with Gasteiger partial charge in [-0.3, -0.25) is 14.4 Å². The number of amides is 6. The average Bonchev–Trinajstić information content (AvgIpc) is 3.99. The maximum absolute atomic E-state index is 14.3. The molecule has 17 nitrogen and oxygen atoms in total. The molecule has 3 fully saturated rings. The number of rotatable bonds is 10. The third-order valence-corrected chi connectivity index (χ3v) is 16.4. The first-order valence-corrected chi connectivity index (χ1v) is 25.6. The fourth-order valence-corrected chi connectivity index (χ4v) is 13.2. The Morgan fingerprint density at radius 1 is 0.725 bits per heavy atom. The van der Waals surface area contributed by atoms with Gasteiger partial charge in [0, 0.05) is 60.7 Å². The Hall–Kier alpha value is -5.17. The second-order valence-electron chi connectivity index (χ2n) is 19.6. The third kappa shape index (κ3) is 11.9. The highest BCUT2D eigenvalue weighted by Gasteiger charge is 2.50. The number of hydrogen-bond donors (Lipinski definition) is 2. The average molecular weight is 995 g/mol. The molecule has 5 aliphatic rings. The Kier molecular flexibility index (Phi) is 17.2. The highest BCUT2D eigenvalue weighted by molar-refractivity contribution is 8.02. The zero-order valence-electron chi connectivity index (χ0n) is 41.9. The van der Waals surface area contributed by atoms with E-state index in [4.69, 9.17) is 14.2 Å². The number of alkyl carbamates (subject to hydrolysis) is 2. The van der Waals surface area contributed by atoms with Crippen LogP contribution >= 0.6 is 23.5 Å². The molecule has 2 aliphatic carbocycles. The van der Waals surface area contributed by atoms with E-state index in [9.17, 15) is 33.6 Å². The monoisotopic (exact) mass is 994 g/mol. The van der Waals surface area contributed by atoms with Gasteiger partial charge in [0.15, 0.2) is 0 Å². The number of likely N-dealkylation sites (tertiary alicyclic amines) is 1. The Morgan fingerprint density at radius 2 is 1.19 bits per heavy atom. The van der Waals surface area contributed by atoms with Crippen LogP contribution < -0.4 is 20.4 Å². The fourth-order valence-electron chi connectivity index (χ4n) is 9.99. The zero-order valence-corrected chi connectivity index (χ0v) is 43.5. The van der Waals surface area contributed by atoms with Crippen LogP contribution in [0.4, 0.5) is 25.8 Å². The lowest BCUT2D eigenvalue weighted by Gasteiger charge is -2.42. The first kappa shape index (κ1) is 53.2. The van der Waals surface area contributed by atoms with Crippen molar-refractivity contribution >= 4 is 76.9 Å². The van der Waals surface area contributed by atoms with Gasteiger partial charge >= 0.3 is 24.2 Å². The van der Waals surface area contributed by atoms with Crippen molar-refractivity contribution in [1.82, 2.24) is 20.4 Å². The number of thioether (sulfide) groups is 2. The molecule has 2 saturated carbocycles. The number of piperidine rings is 1. The summed E-state index contributed by atoms with van der Waals surface area (Å²) in [6.07, 6.45) is 7.49. The van der Waals surface area contributed by atoms with Gasteiger partial charge in [0.25, 0.3) is 5.91 Å². The van der Waals surface area contributed by atoms with Crippen molar-refractivity contribution in [1.29, 1.82) is 0 Å². The quantitative estimate of drug-likeness (QED) is 0.171. The molecule has 2 spiro atoms. The molecule has 6 amide bonds. The molecule has 1 saturated heterocycles.